The Balaban J connectivity index is 1.52. The molecular weight excluding hydrogens is 468 g/mol. The number of aromatic nitrogens is 2. The fourth-order valence-corrected chi connectivity index (χ4v) is 3.51. The molecule has 0 N–H and O–H groups in total. The van der Waals surface area contributed by atoms with Gasteiger partial charge in [0.2, 0.25) is 5.88 Å². The van der Waals surface area contributed by atoms with Crippen LogP contribution in [0.4, 0.5) is 32.2 Å². The maximum absolute atomic E-state index is 14.5. The molecule has 12 heteroatoms. The molecule has 0 radical (unpaired) electrons. The first-order valence-corrected chi connectivity index (χ1v) is 10.0. The molecule has 1 aromatic heterocycles. The maximum Gasteiger partial charge on any atom is 0.419 e. The fourth-order valence-electron chi connectivity index (χ4n) is 3.51. The monoisotopic (exact) mass is 485 g/mol. The van der Waals surface area contributed by atoms with E-state index in [1.807, 2.05) is 4.90 Å². The first-order valence-electron chi connectivity index (χ1n) is 10.0. The standard InChI is InChI=1S/C22H17F6N3O3/c1-30-5-2-6-31-19(30)10-18(29-21(31)32)33-11-12-7-16(24)20(17(25)8-12)34-13-3-4-15(23)14(9-13)22(26,27)28/h3-4,7-10H,2,5-6,11H2,1H3. The minimum absolute atomic E-state index is 0.0189. The van der Waals surface area contributed by atoms with Crippen LogP contribution in [-0.4, -0.2) is 23.1 Å². The third-order valence-corrected chi connectivity index (χ3v) is 5.14. The Morgan fingerprint density at radius 2 is 1.71 bits per heavy atom. The first kappa shape index (κ1) is 23.5. The molecule has 2 aromatic carbocycles. The van der Waals surface area contributed by atoms with E-state index in [2.05, 4.69) is 4.98 Å². The van der Waals surface area contributed by atoms with Gasteiger partial charge in [0.25, 0.3) is 0 Å². The molecule has 0 bridgehead atoms. The smallest absolute Gasteiger partial charge is 0.419 e. The number of nitrogens with zero attached hydrogens (tertiary/aromatic N) is 3. The molecular formula is C22H17F6N3O3. The molecule has 34 heavy (non-hydrogen) atoms. The normalized spacial score (nSPS) is 13.6. The van der Waals surface area contributed by atoms with Crippen molar-refractivity contribution in [3.8, 4) is 17.4 Å². The van der Waals surface area contributed by atoms with Gasteiger partial charge >= 0.3 is 11.9 Å². The van der Waals surface area contributed by atoms with E-state index < -0.39 is 46.4 Å². The van der Waals surface area contributed by atoms with Crippen LogP contribution in [0, 0.1) is 17.5 Å². The Morgan fingerprint density at radius 3 is 2.38 bits per heavy atom. The zero-order chi connectivity index (χ0) is 24.6. The number of anilines is 1. The van der Waals surface area contributed by atoms with Gasteiger partial charge < -0.3 is 14.4 Å². The van der Waals surface area contributed by atoms with E-state index in [1.165, 1.54) is 10.6 Å². The molecule has 6 nitrogen and oxygen atoms in total. The molecule has 1 aliphatic rings. The van der Waals surface area contributed by atoms with E-state index in [1.54, 1.807) is 7.05 Å². The molecule has 0 spiro atoms. The first-order chi connectivity index (χ1) is 16.0. The summed E-state index contributed by atoms with van der Waals surface area (Å²) >= 11 is 0. The Morgan fingerprint density at radius 1 is 1.00 bits per heavy atom. The van der Waals surface area contributed by atoms with E-state index in [4.69, 9.17) is 9.47 Å². The number of hydrogen-bond donors (Lipinski definition) is 0. The average molecular weight is 485 g/mol. The molecule has 180 valence electrons. The van der Waals surface area contributed by atoms with Crippen molar-refractivity contribution < 1.29 is 35.8 Å². The lowest BCUT2D eigenvalue weighted by atomic mass is 10.2. The SMILES string of the molecule is CN1CCCn2c1cc(OCc1cc(F)c(Oc3ccc(F)c(C(F)(F)F)c3)c(F)c1)nc2=O. The van der Waals surface area contributed by atoms with Crippen molar-refractivity contribution in [3.05, 3.63) is 75.5 Å². The van der Waals surface area contributed by atoms with Crippen molar-refractivity contribution in [2.24, 2.45) is 0 Å². The second-order valence-electron chi connectivity index (χ2n) is 7.58. The van der Waals surface area contributed by atoms with Crippen LogP contribution in [0.1, 0.15) is 17.5 Å². The van der Waals surface area contributed by atoms with Gasteiger partial charge in [0.15, 0.2) is 17.4 Å². The average Bonchev–Trinajstić information content (AvgIpc) is 2.76. The second kappa shape index (κ2) is 8.92. The van der Waals surface area contributed by atoms with Crippen LogP contribution in [0.5, 0.6) is 17.4 Å². The van der Waals surface area contributed by atoms with Crippen molar-refractivity contribution in [2.75, 3.05) is 18.5 Å². The number of halogens is 6. The van der Waals surface area contributed by atoms with Gasteiger partial charge in [-0.3, -0.25) is 4.57 Å². The number of ether oxygens (including phenoxy) is 2. The Bertz CT molecular complexity index is 1270. The van der Waals surface area contributed by atoms with Crippen LogP contribution in [0.15, 0.2) is 41.2 Å². The predicted molar refractivity (Wildman–Crippen MR) is 109 cm³/mol. The van der Waals surface area contributed by atoms with Gasteiger partial charge in [-0.1, -0.05) is 0 Å². The number of hydrogen-bond acceptors (Lipinski definition) is 5. The van der Waals surface area contributed by atoms with Gasteiger partial charge in [0.1, 0.15) is 24.0 Å². The molecule has 4 rings (SSSR count). The van der Waals surface area contributed by atoms with Crippen LogP contribution in [0.2, 0.25) is 0 Å². The van der Waals surface area contributed by atoms with Gasteiger partial charge in [0.05, 0.1) is 5.56 Å². The topological polar surface area (TPSA) is 56.6 Å². The lowest BCUT2D eigenvalue weighted by Gasteiger charge is -2.28. The predicted octanol–water partition coefficient (Wildman–Crippen LogP) is 4.89. The summed E-state index contributed by atoms with van der Waals surface area (Å²) in [5, 5.41) is 0. The van der Waals surface area contributed by atoms with Crippen LogP contribution in [0.25, 0.3) is 0 Å². The summed E-state index contributed by atoms with van der Waals surface area (Å²) in [4.78, 5) is 17.9. The molecule has 0 amide bonds. The van der Waals surface area contributed by atoms with E-state index in [0.29, 0.717) is 24.5 Å². The highest BCUT2D eigenvalue weighted by atomic mass is 19.4. The third kappa shape index (κ3) is 4.80. The van der Waals surface area contributed by atoms with Gasteiger partial charge in [-0.2, -0.15) is 18.2 Å². The summed E-state index contributed by atoms with van der Waals surface area (Å²) < 4.78 is 92.8. The highest BCUT2D eigenvalue weighted by molar-refractivity contribution is 5.43. The Kier molecular flexibility index (Phi) is 6.15. The largest absolute Gasteiger partial charge is 0.473 e. The summed E-state index contributed by atoms with van der Waals surface area (Å²) in [5.41, 5.74) is -2.13. The molecule has 0 unspecified atom stereocenters. The van der Waals surface area contributed by atoms with E-state index in [-0.39, 0.29) is 18.1 Å². The number of rotatable bonds is 5. The zero-order valence-electron chi connectivity index (χ0n) is 17.6. The highest BCUT2D eigenvalue weighted by Gasteiger charge is 2.34. The summed E-state index contributed by atoms with van der Waals surface area (Å²) in [6, 6.07) is 4.88. The van der Waals surface area contributed by atoms with E-state index >= 15 is 0 Å². The lowest BCUT2D eigenvalue weighted by molar-refractivity contribution is -0.140. The van der Waals surface area contributed by atoms with Crippen LogP contribution in [-0.2, 0) is 19.3 Å². The summed E-state index contributed by atoms with van der Waals surface area (Å²) in [6.45, 7) is 0.907. The van der Waals surface area contributed by atoms with Gasteiger partial charge in [-0.25, -0.2) is 18.0 Å². The van der Waals surface area contributed by atoms with Crippen molar-refractivity contribution in [1.29, 1.82) is 0 Å². The maximum atomic E-state index is 14.5. The molecule has 0 atom stereocenters. The third-order valence-electron chi connectivity index (χ3n) is 5.14. The minimum atomic E-state index is -5.01. The molecule has 2 heterocycles. The van der Waals surface area contributed by atoms with Gasteiger partial charge in [0, 0.05) is 26.2 Å². The minimum Gasteiger partial charge on any atom is -0.473 e. The summed E-state index contributed by atoms with van der Waals surface area (Å²) in [5.74, 6) is -4.97. The van der Waals surface area contributed by atoms with Gasteiger partial charge in [-0.15, -0.1) is 0 Å². The van der Waals surface area contributed by atoms with Gasteiger partial charge in [-0.05, 0) is 42.3 Å². The van der Waals surface area contributed by atoms with Crippen molar-refractivity contribution >= 4 is 5.82 Å². The van der Waals surface area contributed by atoms with Crippen molar-refractivity contribution in [1.82, 2.24) is 9.55 Å². The summed E-state index contributed by atoms with van der Waals surface area (Å²) in [7, 11) is 1.80. The van der Waals surface area contributed by atoms with Crippen molar-refractivity contribution in [3.63, 3.8) is 0 Å². The molecule has 0 aliphatic carbocycles. The molecule has 1 aliphatic heterocycles. The van der Waals surface area contributed by atoms with E-state index in [0.717, 1.165) is 31.2 Å². The second-order valence-corrected chi connectivity index (χ2v) is 7.58. The van der Waals surface area contributed by atoms with Crippen LogP contribution < -0.4 is 20.1 Å². The van der Waals surface area contributed by atoms with E-state index in [9.17, 15) is 31.1 Å². The zero-order valence-corrected chi connectivity index (χ0v) is 17.6. The Labute approximate surface area is 189 Å². The molecule has 0 saturated heterocycles. The fraction of sp³-hybridized carbons (Fsp3) is 0.273. The number of fused-ring (bicyclic) bond motifs is 1. The Hall–Kier alpha value is -3.70. The quantitative estimate of drug-likeness (QED) is 0.482. The summed E-state index contributed by atoms with van der Waals surface area (Å²) in [6.07, 6.45) is -4.22. The van der Waals surface area contributed by atoms with Crippen LogP contribution in [0.3, 0.4) is 0 Å². The highest BCUT2D eigenvalue weighted by Crippen LogP contribution is 2.36. The molecule has 0 fully saturated rings. The number of alkyl halides is 3. The van der Waals surface area contributed by atoms with Crippen molar-refractivity contribution in [2.45, 2.75) is 25.7 Å². The molecule has 3 aromatic rings. The molecule has 0 saturated carbocycles. The lowest BCUT2D eigenvalue weighted by Crippen LogP contribution is -2.36. The number of benzene rings is 2. The van der Waals surface area contributed by atoms with Crippen LogP contribution >= 0.6 is 0 Å².